The molecule has 36 heavy (non-hydrogen) atoms. The van der Waals surface area contributed by atoms with E-state index in [1.54, 1.807) is 11.9 Å². The minimum atomic E-state index is -0.954. The van der Waals surface area contributed by atoms with Gasteiger partial charge in [0, 0.05) is 38.5 Å². The number of piperidine rings is 1. The molecule has 3 rings (SSSR count). The van der Waals surface area contributed by atoms with Gasteiger partial charge in [0.1, 0.15) is 11.2 Å². The summed E-state index contributed by atoms with van der Waals surface area (Å²) in [4.78, 5) is 37.0. The second-order valence-corrected chi connectivity index (χ2v) is 11.2. The van der Waals surface area contributed by atoms with Gasteiger partial charge in [0.15, 0.2) is 0 Å². The Kier molecular flexibility index (Phi) is 16.1. The second-order valence-electron chi connectivity index (χ2n) is 10.2. The summed E-state index contributed by atoms with van der Waals surface area (Å²) in [6.07, 6.45) is 9.42. The van der Waals surface area contributed by atoms with Crippen LogP contribution in [-0.4, -0.2) is 54.9 Å². The lowest BCUT2D eigenvalue weighted by atomic mass is 9.91. The standard InChI is InChI=1S/C18H24N2O3S.C7H14.C2H4O.C2H6/c1-18(2,3)8-6-13-11-14(16(24-13)17(22)23)20(5)12-7-9-19(4)15(21)10-12;1-7-5-3-2-4-6-7;1-2-3;1-2/h11-12H,7,9-10H2,1-5H3,(H,22,23);7H,2-6H2,1H3;2H,1H3;1-2H3. The van der Waals surface area contributed by atoms with E-state index in [-0.39, 0.29) is 22.2 Å². The van der Waals surface area contributed by atoms with Crippen molar-refractivity contribution in [2.45, 2.75) is 99.5 Å². The number of carbonyl (C=O) groups is 3. The van der Waals surface area contributed by atoms with Crippen LogP contribution < -0.4 is 4.90 Å². The van der Waals surface area contributed by atoms with Gasteiger partial charge in [-0.1, -0.05) is 64.7 Å². The molecule has 6 nitrogen and oxygen atoms in total. The highest BCUT2D eigenvalue weighted by molar-refractivity contribution is 7.15. The molecule has 1 amide bonds. The van der Waals surface area contributed by atoms with Crippen molar-refractivity contribution in [2.24, 2.45) is 11.3 Å². The van der Waals surface area contributed by atoms with Crippen molar-refractivity contribution < 1.29 is 19.5 Å². The Bertz CT molecular complexity index is 870. The fourth-order valence-corrected chi connectivity index (χ4v) is 4.76. The van der Waals surface area contributed by atoms with E-state index in [4.69, 9.17) is 4.79 Å². The van der Waals surface area contributed by atoms with Crippen LogP contribution in [0.1, 0.15) is 108 Å². The molecular weight excluding hydrogens is 472 g/mol. The van der Waals surface area contributed by atoms with Gasteiger partial charge in [0.25, 0.3) is 0 Å². The number of aldehydes is 1. The summed E-state index contributed by atoms with van der Waals surface area (Å²) in [6.45, 7) is 14.5. The van der Waals surface area contributed by atoms with Crippen molar-refractivity contribution in [1.82, 2.24) is 4.90 Å². The van der Waals surface area contributed by atoms with E-state index >= 15 is 0 Å². The lowest BCUT2D eigenvalue weighted by molar-refractivity contribution is -0.132. The molecule has 1 unspecified atom stereocenters. The van der Waals surface area contributed by atoms with Crippen LogP contribution in [0.5, 0.6) is 0 Å². The molecule has 1 N–H and O–H groups in total. The fourth-order valence-electron chi connectivity index (χ4n) is 3.87. The third-order valence-corrected chi connectivity index (χ3v) is 6.95. The topological polar surface area (TPSA) is 77.9 Å². The Balaban J connectivity index is 0.000000845. The second kappa shape index (κ2) is 17.2. The molecule has 1 aliphatic carbocycles. The fraction of sp³-hybridized carbons (Fsp3) is 0.690. The molecule has 0 aromatic carbocycles. The minimum Gasteiger partial charge on any atom is -0.477 e. The first kappa shape index (κ1) is 33.7. The van der Waals surface area contributed by atoms with Gasteiger partial charge in [-0.15, -0.1) is 11.3 Å². The number of nitrogens with zero attached hydrogens (tertiary/aromatic N) is 2. The molecule has 2 fully saturated rings. The normalized spacial score (nSPS) is 17.5. The molecule has 0 radical (unpaired) electrons. The van der Waals surface area contributed by atoms with Crippen LogP contribution in [-0.2, 0) is 9.59 Å². The van der Waals surface area contributed by atoms with E-state index in [1.165, 1.54) is 50.4 Å². The predicted octanol–water partition coefficient (Wildman–Crippen LogP) is 6.72. The summed E-state index contributed by atoms with van der Waals surface area (Å²) < 4.78 is 0. The van der Waals surface area contributed by atoms with Gasteiger partial charge >= 0.3 is 5.97 Å². The maximum absolute atomic E-state index is 11.9. The van der Waals surface area contributed by atoms with Gasteiger partial charge in [-0.2, -0.15) is 0 Å². The highest BCUT2D eigenvalue weighted by Gasteiger charge is 2.29. The molecule has 204 valence electrons. The van der Waals surface area contributed by atoms with Crippen LogP contribution >= 0.6 is 11.3 Å². The summed E-state index contributed by atoms with van der Waals surface area (Å²) in [5.41, 5.74) is 0.507. The SMILES string of the molecule is CC.CC1CCCCC1.CC=O.CN1CCC(N(C)c2cc(C#CC(C)(C)C)sc2C(=O)O)CC1=O. The zero-order valence-corrected chi connectivity index (χ0v) is 24.8. The van der Waals surface area contributed by atoms with Crippen molar-refractivity contribution in [3.63, 3.8) is 0 Å². The third-order valence-electron chi connectivity index (χ3n) is 5.92. The Morgan fingerprint density at radius 3 is 2.17 bits per heavy atom. The van der Waals surface area contributed by atoms with Crippen LogP contribution in [0.15, 0.2) is 6.07 Å². The van der Waals surface area contributed by atoms with Crippen molar-refractivity contribution in [2.75, 3.05) is 25.5 Å². The first-order valence-electron chi connectivity index (χ1n) is 13.2. The highest BCUT2D eigenvalue weighted by Crippen LogP contribution is 2.33. The van der Waals surface area contributed by atoms with E-state index in [9.17, 15) is 14.7 Å². The van der Waals surface area contributed by atoms with Crippen molar-refractivity contribution in [1.29, 1.82) is 0 Å². The molecule has 2 heterocycles. The lowest BCUT2D eigenvalue weighted by Crippen LogP contribution is -2.45. The third kappa shape index (κ3) is 12.6. The average molecular weight is 521 g/mol. The number of likely N-dealkylation sites (tertiary alicyclic amines) is 1. The number of carboxylic acids is 1. The zero-order valence-electron chi connectivity index (χ0n) is 23.9. The zero-order chi connectivity index (χ0) is 27.9. The predicted molar refractivity (Wildman–Crippen MR) is 152 cm³/mol. The van der Waals surface area contributed by atoms with Gasteiger partial charge in [-0.05, 0) is 46.1 Å². The molecule has 1 aliphatic heterocycles. The Labute approximate surface area is 223 Å². The number of carboxylic acid groups (broad SMARTS) is 1. The maximum atomic E-state index is 11.9. The van der Waals surface area contributed by atoms with E-state index in [2.05, 4.69) is 18.8 Å². The smallest absolute Gasteiger partial charge is 0.348 e. The average Bonchev–Trinajstić information content (AvgIpc) is 3.26. The van der Waals surface area contributed by atoms with E-state index in [0.717, 1.165) is 23.5 Å². The molecule has 2 aliphatic rings. The van der Waals surface area contributed by atoms with E-state index in [1.807, 2.05) is 52.6 Å². The van der Waals surface area contributed by atoms with Gasteiger partial charge < -0.3 is 19.7 Å². The van der Waals surface area contributed by atoms with Crippen LogP contribution in [0, 0.1) is 23.2 Å². The van der Waals surface area contributed by atoms with Crippen molar-refractivity contribution in [3.8, 4) is 11.8 Å². The minimum absolute atomic E-state index is 0.0184. The van der Waals surface area contributed by atoms with Crippen LogP contribution in [0.4, 0.5) is 5.69 Å². The summed E-state index contributed by atoms with van der Waals surface area (Å²) in [6, 6.07) is 1.85. The number of rotatable bonds is 3. The summed E-state index contributed by atoms with van der Waals surface area (Å²) >= 11 is 1.19. The maximum Gasteiger partial charge on any atom is 0.348 e. The quantitative estimate of drug-likeness (QED) is 0.354. The molecule has 1 saturated heterocycles. The Morgan fingerprint density at radius 2 is 1.75 bits per heavy atom. The van der Waals surface area contributed by atoms with E-state index < -0.39 is 5.97 Å². The van der Waals surface area contributed by atoms with Gasteiger partial charge in [0.2, 0.25) is 5.91 Å². The summed E-state index contributed by atoms with van der Waals surface area (Å²) in [7, 11) is 3.66. The Hall–Kier alpha value is -2.33. The molecular formula is C29H48N2O4S. The van der Waals surface area contributed by atoms with Gasteiger partial charge in [-0.3, -0.25) is 4.79 Å². The number of carbonyl (C=O) groups excluding carboxylic acids is 2. The first-order chi connectivity index (χ1) is 16.9. The number of thiophene rings is 1. The molecule has 1 aromatic rings. The number of aromatic carboxylic acids is 1. The summed E-state index contributed by atoms with van der Waals surface area (Å²) in [5, 5.41) is 9.51. The van der Waals surface area contributed by atoms with E-state index in [0.29, 0.717) is 18.7 Å². The van der Waals surface area contributed by atoms with Crippen LogP contribution in [0.2, 0.25) is 0 Å². The molecule has 0 spiro atoms. The molecule has 1 aromatic heterocycles. The lowest BCUT2D eigenvalue weighted by Gasteiger charge is -2.35. The first-order valence-corrected chi connectivity index (χ1v) is 14.0. The van der Waals surface area contributed by atoms with Crippen LogP contribution in [0.3, 0.4) is 0 Å². The molecule has 7 heteroatoms. The Morgan fingerprint density at radius 1 is 1.19 bits per heavy atom. The van der Waals surface area contributed by atoms with Crippen molar-refractivity contribution in [3.05, 3.63) is 15.8 Å². The number of hydrogen-bond donors (Lipinski definition) is 1. The van der Waals surface area contributed by atoms with Crippen molar-refractivity contribution >= 4 is 35.2 Å². The molecule has 1 atom stereocenters. The highest BCUT2D eigenvalue weighted by atomic mass is 32.1. The van der Waals surface area contributed by atoms with Crippen LogP contribution in [0.25, 0.3) is 0 Å². The largest absolute Gasteiger partial charge is 0.477 e. The number of amides is 1. The summed E-state index contributed by atoms with van der Waals surface area (Å²) in [5.74, 6) is 6.39. The molecule has 0 bridgehead atoms. The molecule has 1 saturated carbocycles. The van der Waals surface area contributed by atoms with Gasteiger partial charge in [-0.25, -0.2) is 4.79 Å². The monoisotopic (exact) mass is 520 g/mol. The number of anilines is 1. The van der Waals surface area contributed by atoms with Gasteiger partial charge in [0.05, 0.1) is 10.6 Å². The number of hydrogen-bond acceptors (Lipinski definition) is 5.